The van der Waals surface area contributed by atoms with E-state index in [4.69, 9.17) is 5.26 Å². The molecule has 1 saturated heterocycles. The molecule has 1 aromatic rings. The van der Waals surface area contributed by atoms with Gasteiger partial charge >= 0.3 is 6.03 Å². The molecule has 2 rings (SSSR count). The number of anilines is 1. The first-order valence-electron chi connectivity index (χ1n) is 8.93. The molecular weight excluding hydrogens is 316 g/mol. The number of carbonyl (C=O) groups is 2. The third-order valence-corrected chi connectivity index (χ3v) is 4.75. The first-order valence-corrected chi connectivity index (χ1v) is 8.93. The minimum atomic E-state index is -0.255. The third-order valence-electron chi connectivity index (χ3n) is 4.75. The number of nitrogens with zero attached hydrogens (tertiary/aromatic N) is 2. The highest BCUT2D eigenvalue weighted by Gasteiger charge is 2.27. The molecule has 1 aliphatic heterocycles. The quantitative estimate of drug-likeness (QED) is 0.862. The third kappa shape index (κ3) is 5.21. The molecule has 0 aromatic heterocycles. The van der Waals surface area contributed by atoms with Gasteiger partial charge in [-0.1, -0.05) is 13.8 Å². The van der Waals surface area contributed by atoms with Crippen molar-refractivity contribution in [3.05, 3.63) is 29.8 Å². The summed E-state index contributed by atoms with van der Waals surface area (Å²) in [6.45, 7) is 5.48. The number of nitrogens with one attached hydrogen (secondary N) is 2. The Kier molecular flexibility index (Phi) is 6.81. The summed E-state index contributed by atoms with van der Waals surface area (Å²) < 4.78 is 0. The fraction of sp³-hybridized carbons (Fsp3) is 0.526. The normalized spacial score (nSPS) is 14.9. The number of hydrogen-bond acceptors (Lipinski definition) is 3. The molecule has 1 fully saturated rings. The highest BCUT2D eigenvalue weighted by Crippen LogP contribution is 2.17. The topological polar surface area (TPSA) is 85.2 Å². The van der Waals surface area contributed by atoms with E-state index in [1.165, 1.54) is 0 Å². The van der Waals surface area contributed by atoms with Crippen molar-refractivity contribution in [1.82, 2.24) is 10.2 Å². The van der Waals surface area contributed by atoms with E-state index in [1.807, 2.05) is 24.8 Å². The molecule has 1 aromatic carbocycles. The van der Waals surface area contributed by atoms with E-state index in [9.17, 15) is 9.59 Å². The molecule has 0 spiro atoms. The Labute approximate surface area is 149 Å². The Morgan fingerprint density at radius 3 is 2.32 bits per heavy atom. The van der Waals surface area contributed by atoms with E-state index in [-0.39, 0.29) is 23.9 Å². The number of carbonyl (C=O) groups excluding carboxylic acids is 2. The lowest BCUT2D eigenvalue weighted by molar-refractivity contribution is -0.136. The molecule has 0 bridgehead atoms. The number of urea groups is 1. The van der Waals surface area contributed by atoms with Gasteiger partial charge in [0.25, 0.3) is 0 Å². The maximum Gasteiger partial charge on any atom is 0.319 e. The number of amides is 3. The standard InChI is InChI=1S/C19H26N4O2/c1-3-15(4-2)18(24)23-11-9-17(10-12-23)22-19(25)21-16-7-5-14(13-20)6-8-16/h5-8,15,17H,3-4,9-12H2,1-2H3,(H2,21,22,25). The van der Waals surface area contributed by atoms with Crippen LogP contribution in [0.3, 0.4) is 0 Å². The molecule has 0 unspecified atom stereocenters. The minimum absolute atomic E-state index is 0.0733. The minimum Gasteiger partial charge on any atom is -0.342 e. The second-order valence-electron chi connectivity index (χ2n) is 6.40. The number of benzene rings is 1. The van der Waals surface area contributed by atoms with Crippen molar-refractivity contribution in [3.63, 3.8) is 0 Å². The number of likely N-dealkylation sites (tertiary alicyclic amines) is 1. The van der Waals surface area contributed by atoms with Crippen molar-refractivity contribution in [2.45, 2.75) is 45.6 Å². The SMILES string of the molecule is CCC(CC)C(=O)N1CCC(NC(=O)Nc2ccc(C#N)cc2)CC1. The van der Waals surface area contributed by atoms with E-state index in [2.05, 4.69) is 10.6 Å². The lowest BCUT2D eigenvalue weighted by atomic mass is 9.98. The molecule has 6 heteroatoms. The summed E-state index contributed by atoms with van der Waals surface area (Å²) in [5, 5.41) is 14.5. The van der Waals surface area contributed by atoms with Crippen LogP contribution in [0.5, 0.6) is 0 Å². The summed E-state index contributed by atoms with van der Waals surface area (Å²) in [6, 6.07) is 8.60. The molecule has 2 N–H and O–H groups in total. The highest BCUT2D eigenvalue weighted by atomic mass is 16.2. The molecule has 0 atom stereocenters. The maximum absolute atomic E-state index is 12.4. The molecule has 0 aliphatic carbocycles. The Balaban J connectivity index is 1.78. The molecule has 6 nitrogen and oxygen atoms in total. The van der Waals surface area contributed by atoms with Crippen LogP contribution < -0.4 is 10.6 Å². The van der Waals surface area contributed by atoms with Gasteiger partial charge in [-0.15, -0.1) is 0 Å². The maximum atomic E-state index is 12.4. The molecule has 1 aliphatic rings. The van der Waals surface area contributed by atoms with Crippen LogP contribution in [0.4, 0.5) is 10.5 Å². The van der Waals surface area contributed by atoms with E-state index in [0.29, 0.717) is 24.3 Å². The van der Waals surface area contributed by atoms with Gasteiger partial charge in [-0.3, -0.25) is 4.79 Å². The summed E-state index contributed by atoms with van der Waals surface area (Å²) in [6.07, 6.45) is 3.29. The van der Waals surface area contributed by atoms with Crippen molar-refractivity contribution >= 4 is 17.6 Å². The lowest BCUT2D eigenvalue weighted by Gasteiger charge is -2.34. The van der Waals surface area contributed by atoms with Crippen molar-refractivity contribution in [3.8, 4) is 6.07 Å². The van der Waals surface area contributed by atoms with E-state index < -0.39 is 0 Å². The first kappa shape index (κ1) is 18.8. The summed E-state index contributed by atoms with van der Waals surface area (Å²) in [5.41, 5.74) is 1.21. The van der Waals surface area contributed by atoms with Gasteiger partial charge in [-0.05, 0) is 49.9 Å². The average Bonchev–Trinajstić information content (AvgIpc) is 2.64. The van der Waals surface area contributed by atoms with Crippen LogP contribution in [0.1, 0.15) is 45.1 Å². The Bertz CT molecular complexity index is 624. The van der Waals surface area contributed by atoms with E-state index in [1.54, 1.807) is 24.3 Å². The van der Waals surface area contributed by atoms with Gasteiger partial charge in [0, 0.05) is 30.7 Å². The zero-order valence-corrected chi connectivity index (χ0v) is 14.9. The molecule has 25 heavy (non-hydrogen) atoms. The van der Waals surface area contributed by atoms with Gasteiger partial charge in [0.05, 0.1) is 11.6 Å². The van der Waals surface area contributed by atoms with Gasteiger partial charge < -0.3 is 15.5 Å². The van der Waals surface area contributed by atoms with Gasteiger partial charge in [0.2, 0.25) is 5.91 Å². The predicted octanol–water partition coefficient (Wildman–Crippen LogP) is 3.11. The second-order valence-corrected chi connectivity index (χ2v) is 6.40. The Morgan fingerprint density at radius 2 is 1.80 bits per heavy atom. The van der Waals surface area contributed by atoms with Crippen LogP contribution in [0.15, 0.2) is 24.3 Å². The smallest absolute Gasteiger partial charge is 0.319 e. The molecule has 0 radical (unpaired) electrons. The van der Waals surface area contributed by atoms with Crippen molar-refractivity contribution < 1.29 is 9.59 Å². The number of hydrogen-bond donors (Lipinski definition) is 2. The van der Waals surface area contributed by atoms with Crippen LogP contribution >= 0.6 is 0 Å². The van der Waals surface area contributed by atoms with Crippen LogP contribution in [0.2, 0.25) is 0 Å². The first-order chi connectivity index (χ1) is 12.1. The van der Waals surface area contributed by atoms with Gasteiger partial charge in [0.15, 0.2) is 0 Å². The van der Waals surface area contributed by atoms with Crippen LogP contribution in [-0.2, 0) is 4.79 Å². The fourth-order valence-corrected chi connectivity index (χ4v) is 3.12. The monoisotopic (exact) mass is 342 g/mol. The van der Waals surface area contributed by atoms with Gasteiger partial charge in [-0.2, -0.15) is 5.26 Å². The van der Waals surface area contributed by atoms with Gasteiger partial charge in [-0.25, -0.2) is 4.79 Å². The van der Waals surface area contributed by atoms with Crippen molar-refractivity contribution in [2.24, 2.45) is 5.92 Å². The zero-order chi connectivity index (χ0) is 18.2. The zero-order valence-electron chi connectivity index (χ0n) is 14.9. The Morgan fingerprint density at radius 1 is 1.20 bits per heavy atom. The number of piperidine rings is 1. The van der Waals surface area contributed by atoms with Crippen LogP contribution in [0.25, 0.3) is 0 Å². The molecule has 134 valence electrons. The van der Waals surface area contributed by atoms with E-state index >= 15 is 0 Å². The van der Waals surface area contributed by atoms with E-state index in [0.717, 1.165) is 25.7 Å². The summed E-state index contributed by atoms with van der Waals surface area (Å²) in [4.78, 5) is 26.4. The van der Waals surface area contributed by atoms with Crippen molar-refractivity contribution in [1.29, 1.82) is 5.26 Å². The summed E-state index contributed by atoms with van der Waals surface area (Å²) in [7, 11) is 0. The van der Waals surface area contributed by atoms with Crippen molar-refractivity contribution in [2.75, 3.05) is 18.4 Å². The van der Waals surface area contributed by atoms with Crippen LogP contribution in [-0.4, -0.2) is 36.0 Å². The second kappa shape index (κ2) is 9.07. The molecule has 0 saturated carbocycles. The summed E-state index contributed by atoms with van der Waals surface area (Å²) in [5.74, 6) is 0.356. The Hall–Kier alpha value is -2.55. The number of rotatable bonds is 5. The predicted molar refractivity (Wildman–Crippen MR) is 97.0 cm³/mol. The summed E-state index contributed by atoms with van der Waals surface area (Å²) >= 11 is 0. The highest BCUT2D eigenvalue weighted by molar-refractivity contribution is 5.89. The number of nitriles is 1. The van der Waals surface area contributed by atoms with Gasteiger partial charge in [0.1, 0.15) is 0 Å². The fourth-order valence-electron chi connectivity index (χ4n) is 3.12. The molecule has 3 amide bonds. The molecule has 1 heterocycles. The largest absolute Gasteiger partial charge is 0.342 e. The molecular formula is C19H26N4O2. The average molecular weight is 342 g/mol. The van der Waals surface area contributed by atoms with Crippen LogP contribution in [0, 0.1) is 17.2 Å². The lowest BCUT2D eigenvalue weighted by Crippen LogP contribution is -2.48.